The number of carbonyl (C=O) groups excluding carboxylic acids is 2. The van der Waals surface area contributed by atoms with E-state index in [-0.39, 0.29) is 17.1 Å². The molecule has 1 amide bonds. The third-order valence-corrected chi connectivity index (χ3v) is 5.13. The topological polar surface area (TPSA) is 87.8 Å². The molecular formula is C26H17ClN4O2. The number of anilines is 1. The monoisotopic (exact) mass is 452 g/mol. The number of hydrogen-bond acceptors (Lipinski definition) is 4. The Kier molecular flexibility index (Phi) is 6.44. The molecule has 0 radical (unpaired) electrons. The minimum atomic E-state index is -0.642. The van der Waals surface area contributed by atoms with Crippen LogP contribution in [-0.2, 0) is 4.79 Å². The van der Waals surface area contributed by atoms with Crippen LogP contribution in [0.15, 0.2) is 96.7 Å². The molecule has 160 valence electrons. The third-order valence-electron chi connectivity index (χ3n) is 4.80. The summed E-state index contributed by atoms with van der Waals surface area (Å²) < 4.78 is 1.54. The molecule has 1 N–H and O–H groups in total. The van der Waals surface area contributed by atoms with Crippen LogP contribution in [0.5, 0.6) is 0 Å². The summed E-state index contributed by atoms with van der Waals surface area (Å²) >= 11 is 6.11. The molecule has 0 aliphatic rings. The number of amides is 1. The number of benzene rings is 3. The van der Waals surface area contributed by atoms with Gasteiger partial charge in [-0.05, 0) is 30.3 Å². The van der Waals surface area contributed by atoms with Crippen LogP contribution in [0.1, 0.15) is 21.6 Å². The fourth-order valence-electron chi connectivity index (χ4n) is 3.16. The molecule has 1 aromatic heterocycles. The lowest BCUT2D eigenvalue weighted by Gasteiger charge is -2.06. The number of carbonyl (C=O) groups is 2. The fourth-order valence-corrected chi connectivity index (χ4v) is 3.35. The maximum atomic E-state index is 13.2. The lowest BCUT2D eigenvalue weighted by molar-refractivity contribution is -0.112. The van der Waals surface area contributed by atoms with Gasteiger partial charge in [-0.15, -0.1) is 0 Å². The first-order chi connectivity index (χ1) is 16.1. The molecule has 33 heavy (non-hydrogen) atoms. The molecule has 0 spiro atoms. The van der Waals surface area contributed by atoms with Crippen molar-refractivity contribution in [2.45, 2.75) is 0 Å². The molecule has 0 aliphatic carbocycles. The van der Waals surface area contributed by atoms with Gasteiger partial charge in [-0.3, -0.25) is 9.59 Å². The number of nitrogens with zero attached hydrogens (tertiary/aromatic N) is 3. The molecule has 0 saturated carbocycles. The van der Waals surface area contributed by atoms with Gasteiger partial charge in [0, 0.05) is 17.3 Å². The summed E-state index contributed by atoms with van der Waals surface area (Å²) in [5.41, 5.74) is 1.85. The average Bonchev–Trinajstić information content (AvgIpc) is 3.28. The highest BCUT2D eigenvalue weighted by Gasteiger charge is 2.20. The van der Waals surface area contributed by atoms with Crippen LogP contribution in [0, 0.1) is 11.3 Å². The maximum absolute atomic E-state index is 13.2. The Morgan fingerprint density at radius 1 is 0.939 bits per heavy atom. The second kappa shape index (κ2) is 9.77. The number of ketones is 1. The van der Waals surface area contributed by atoms with Crippen molar-refractivity contribution in [1.29, 1.82) is 5.26 Å². The van der Waals surface area contributed by atoms with E-state index in [0.717, 1.165) is 5.69 Å². The van der Waals surface area contributed by atoms with E-state index in [1.165, 1.54) is 6.08 Å². The minimum absolute atomic E-state index is 0.128. The summed E-state index contributed by atoms with van der Waals surface area (Å²) in [5, 5.41) is 17.1. The fraction of sp³-hybridized carbons (Fsp3) is 0. The lowest BCUT2D eigenvalue weighted by atomic mass is 10.0. The summed E-state index contributed by atoms with van der Waals surface area (Å²) in [6, 6.07) is 26.6. The van der Waals surface area contributed by atoms with Crippen molar-refractivity contribution >= 4 is 35.1 Å². The predicted octanol–water partition coefficient (Wildman–Crippen LogP) is 5.30. The summed E-state index contributed by atoms with van der Waals surface area (Å²) in [4.78, 5) is 25.9. The van der Waals surface area contributed by atoms with Gasteiger partial charge in [0.15, 0.2) is 0 Å². The van der Waals surface area contributed by atoms with Gasteiger partial charge in [0.2, 0.25) is 5.78 Å². The number of nitrogens with one attached hydrogen (secondary N) is 1. The molecule has 0 saturated heterocycles. The van der Waals surface area contributed by atoms with Gasteiger partial charge >= 0.3 is 0 Å². The van der Waals surface area contributed by atoms with Gasteiger partial charge in [-0.1, -0.05) is 72.3 Å². The van der Waals surface area contributed by atoms with E-state index in [2.05, 4.69) is 10.4 Å². The zero-order chi connectivity index (χ0) is 23.2. The van der Waals surface area contributed by atoms with E-state index in [1.807, 2.05) is 42.5 Å². The normalized spacial score (nSPS) is 11.0. The standard InChI is InChI=1S/C26H17ClN4O2/c27-22-13-7-8-14-23(22)29-26(33)19(16-28)15-20-17-31(21-11-5-2-6-12-21)30-24(20)25(32)18-9-3-1-4-10-18/h1-15,17H,(H,29,33)/b19-15+. The number of hydrogen-bond donors (Lipinski definition) is 1. The number of halogens is 1. The van der Waals surface area contributed by atoms with Crippen molar-refractivity contribution in [2.75, 3.05) is 5.32 Å². The van der Waals surface area contributed by atoms with Crippen LogP contribution < -0.4 is 5.32 Å². The van der Waals surface area contributed by atoms with Gasteiger partial charge in [0.25, 0.3) is 5.91 Å². The Labute approximate surface area is 195 Å². The third kappa shape index (κ3) is 4.90. The second-order valence-corrected chi connectivity index (χ2v) is 7.42. The highest BCUT2D eigenvalue weighted by molar-refractivity contribution is 6.34. The first-order valence-electron chi connectivity index (χ1n) is 9.99. The predicted molar refractivity (Wildman–Crippen MR) is 127 cm³/mol. The molecule has 0 bridgehead atoms. The number of nitriles is 1. The summed E-state index contributed by atoms with van der Waals surface area (Å²) in [6.45, 7) is 0. The molecule has 6 nitrogen and oxygen atoms in total. The zero-order valence-corrected chi connectivity index (χ0v) is 18.0. The Balaban J connectivity index is 1.76. The second-order valence-electron chi connectivity index (χ2n) is 7.01. The van der Waals surface area contributed by atoms with E-state index < -0.39 is 5.91 Å². The summed E-state index contributed by atoms with van der Waals surface area (Å²) in [7, 11) is 0. The Bertz CT molecular complexity index is 1390. The molecule has 1 heterocycles. The van der Waals surface area contributed by atoms with Crippen molar-refractivity contribution in [3.63, 3.8) is 0 Å². The molecule has 4 rings (SSSR count). The lowest BCUT2D eigenvalue weighted by Crippen LogP contribution is -2.14. The smallest absolute Gasteiger partial charge is 0.266 e. The van der Waals surface area contributed by atoms with E-state index in [1.54, 1.807) is 59.4 Å². The van der Waals surface area contributed by atoms with Crippen LogP contribution >= 0.6 is 11.6 Å². The molecule has 0 fully saturated rings. The number of rotatable bonds is 6. The van der Waals surface area contributed by atoms with Crippen LogP contribution in [0.3, 0.4) is 0 Å². The van der Waals surface area contributed by atoms with Gasteiger partial charge in [-0.25, -0.2) is 4.68 Å². The average molecular weight is 453 g/mol. The van der Waals surface area contributed by atoms with Gasteiger partial charge in [0.05, 0.1) is 16.4 Å². The highest BCUT2D eigenvalue weighted by Crippen LogP contribution is 2.23. The molecule has 0 aliphatic heterocycles. The molecule has 0 unspecified atom stereocenters. The van der Waals surface area contributed by atoms with Gasteiger partial charge < -0.3 is 5.32 Å². The maximum Gasteiger partial charge on any atom is 0.266 e. The molecule has 7 heteroatoms. The molecule has 3 aromatic carbocycles. The van der Waals surface area contributed by atoms with Crippen LogP contribution in [0.25, 0.3) is 11.8 Å². The molecule has 4 aromatic rings. The first kappa shape index (κ1) is 21.8. The Morgan fingerprint density at radius 2 is 1.58 bits per heavy atom. The number of aromatic nitrogens is 2. The zero-order valence-electron chi connectivity index (χ0n) is 17.3. The van der Waals surface area contributed by atoms with Crippen molar-refractivity contribution in [2.24, 2.45) is 0 Å². The summed E-state index contributed by atoms with van der Waals surface area (Å²) in [5.74, 6) is -0.962. The largest absolute Gasteiger partial charge is 0.320 e. The Morgan fingerprint density at radius 3 is 2.24 bits per heavy atom. The number of para-hydroxylation sites is 2. The van der Waals surface area contributed by atoms with Crippen molar-refractivity contribution in [3.8, 4) is 11.8 Å². The first-order valence-corrected chi connectivity index (χ1v) is 10.4. The van der Waals surface area contributed by atoms with E-state index in [9.17, 15) is 14.9 Å². The molecular weight excluding hydrogens is 436 g/mol. The van der Waals surface area contributed by atoms with Crippen molar-refractivity contribution in [3.05, 3.63) is 119 Å². The van der Waals surface area contributed by atoms with E-state index in [0.29, 0.717) is 21.8 Å². The van der Waals surface area contributed by atoms with Crippen molar-refractivity contribution < 1.29 is 9.59 Å². The van der Waals surface area contributed by atoms with Crippen molar-refractivity contribution in [1.82, 2.24) is 9.78 Å². The SMILES string of the molecule is N#C/C(=C\c1cn(-c2ccccc2)nc1C(=O)c1ccccc1)C(=O)Nc1ccccc1Cl. The van der Waals surface area contributed by atoms with E-state index >= 15 is 0 Å². The molecule has 0 atom stereocenters. The Hall–Kier alpha value is -4.47. The highest BCUT2D eigenvalue weighted by atomic mass is 35.5. The van der Waals surface area contributed by atoms with Gasteiger partial charge in [-0.2, -0.15) is 10.4 Å². The quantitative estimate of drug-likeness (QED) is 0.244. The van der Waals surface area contributed by atoms with Crippen LogP contribution in [-0.4, -0.2) is 21.5 Å². The van der Waals surface area contributed by atoms with Crippen LogP contribution in [0.4, 0.5) is 5.69 Å². The van der Waals surface area contributed by atoms with E-state index in [4.69, 9.17) is 11.6 Å². The van der Waals surface area contributed by atoms with Crippen LogP contribution in [0.2, 0.25) is 5.02 Å². The summed E-state index contributed by atoms with van der Waals surface area (Å²) in [6.07, 6.45) is 2.97. The van der Waals surface area contributed by atoms with Gasteiger partial charge in [0.1, 0.15) is 17.3 Å². The minimum Gasteiger partial charge on any atom is -0.320 e.